The Morgan fingerprint density at radius 1 is 1.46 bits per heavy atom. The van der Waals surface area contributed by atoms with Gasteiger partial charge in [-0.15, -0.1) is 0 Å². The molecule has 1 amide bonds. The molecule has 0 aliphatic rings. The van der Waals surface area contributed by atoms with Crippen molar-refractivity contribution in [3.8, 4) is 0 Å². The first-order chi connectivity index (χ1) is 6.02. The Morgan fingerprint density at radius 2 is 2.08 bits per heavy atom. The van der Waals surface area contributed by atoms with Crippen LogP contribution in [-0.4, -0.2) is 19.1 Å². The monoisotopic (exact) mass is 193 g/mol. The summed E-state index contributed by atoms with van der Waals surface area (Å²) in [7, 11) is 0. The van der Waals surface area contributed by atoms with Crippen LogP contribution in [0.1, 0.15) is 6.92 Å². The molecule has 0 spiro atoms. The zero-order valence-corrected chi connectivity index (χ0v) is 7.06. The van der Waals surface area contributed by atoms with E-state index in [1.807, 2.05) is 0 Å². The number of carbonyl (C=O) groups is 1. The van der Waals surface area contributed by atoms with Crippen molar-refractivity contribution in [2.45, 2.75) is 13.1 Å². The Labute approximate surface area is 74.1 Å². The van der Waals surface area contributed by atoms with Crippen molar-refractivity contribution in [2.75, 3.05) is 6.54 Å². The van der Waals surface area contributed by atoms with Gasteiger partial charge in [0, 0.05) is 6.54 Å². The van der Waals surface area contributed by atoms with Crippen molar-refractivity contribution in [1.29, 1.82) is 0 Å². The highest BCUT2D eigenvalue weighted by molar-refractivity contribution is 5.46. The fraction of sp³-hybridized carbons (Fsp3) is 0.375. The molecule has 0 aliphatic heterocycles. The molecule has 1 N–H and O–H groups in total. The molecule has 74 valence electrons. The molecule has 0 aromatic rings. The topological polar surface area (TPSA) is 29.1 Å². The van der Waals surface area contributed by atoms with Crippen LogP contribution in [0.5, 0.6) is 0 Å². The van der Waals surface area contributed by atoms with Gasteiger partial charge < -0.3 is 5.32 Å². The Morgan fingerprint density at radius 3 is 2.46 bits per heavy atom. The third-order valence-electron chi connectivity index (χ3n) is 1.20. The first kappa shape index (κ1) is 11.7. The Bertz CT molecular complexity index is 218. The van der Waals surface area contributed by atoms with Crippen LogP contribution in [0.4, 0.5) is 13.2 Å². The molecule has 0 rings (SSSR count). The van der Waals surface area contributed by atoms with Crippen molar-refractivity contribution in [3.63, 3.8) is 0 Å². The third kappa shape index (κ3) is 5.05. The summed E-state index contributed by atoms with van der Waals surface area (Å²) in [6.07, 6.45) is -0.863. The summed E-state index contributed by atoms with van der Waals surface area (Å²) in [5, 5.41) is 2.12. The molecular weight excluding hydrogens is 183 g/mol. The lowest BCUT2D eigenvalue weighted by atomic mass is 10.2. The fourth-order valence-corrected chi connectivity index (χ4v) is 0.675. The van der Waals surface area contributed by atoms with E-state index in [0.717, 1.165) is 12.2 Å². The highest BCUT2D eigenvalue weighted by Gasteiger charge is 2.30. The van der Waals surface area contributed by atoms with Crippen molar-refractivity contribution in [3.05, 3.63) is 23.8 Å². The summed E-state index contributed by atoms with van der Waals surface area (Å²) in [5.74, 6) is 0. The van der Waals surface area contributed by atoms with Crippen molar-refractivity contribution < 1.29 is 18.0 Å². The van der Waals surface area contributed by atoms with Gasteiger partial charge in [-0.2, -0.15) is 13.2 Å². The van der Waals surface area contributed by atoms with Gasteiger partial charge in [-0.3, -0.25) is 4.79 Å². The molecule has 0 saturated carbocycles. The van der Waals surface area contributed by atoms with Crippen molar-refractivity contribution in [2.24, 2.45) is 0 Å². The number of alkyl halides is 3. The van der Waals surface area contributed by atoms with Gasteiger partial charge in [-0.1, -0.05) is 18.2 Å². The average molecular weight is 193 g/mol. The lowest BCUT2D eigenvalue weighted by Crippen LogP contribution is -2.15. The van der Waals surface area contributed by atoms with E-state index < -0.39 is 11.7 Å². The SMILES string of the molecule is C/C=C\C(=C/CNC=O)C(F)(F)F. The number of allylic oxidation sites excluding steroid dienone is 3. The van der Waals surface area contributed by atoms with Gasteiger partial charge in [-0.25, -0.2) is 0 Å². The number of hydrogen-bond donors (Lipinski definition) is 1. The molecule has 0 saturated heterocycles. The lowest BCUT2D eigenvalue weighted by molar-refractivity contribution is -0.109. The average Bonchev–Trinajstić information content (AvgIpc) is 2.01. The smallest absolute Gasteiger partial charge is 0.355 e. The van der Waals surface area contributed by atoms with E-state index in [2.05, 4.69) is 5.32 Å². The third-order valence-corrected chi connectivity index (χ3v) is 1.20. The first-order valence-corrected chi connectivity index (χ1v) is 3.59. The summed E-state index contributed by atoms with van der Waals surface area (Å²) in [5.41, 5.74) is -0.760. The van der Waals surface area contributed by atoms with Gasteiger partial charge >= 0.3 is 6.18 Å². The van der Waals surface area contributed by atoms with Crippen LogP contribution in [0, 0.1) is 0 Å². The molecule has 0 unspecified atom stereocenters. The molecule has 0 atom stereocenters. The fourth-order valence-electron chi connectivity index (χ4n) is 0.675. The van der Waals surface area contributed by atoms with Gasteiger partial charge in [0.2, 0.25) is 6.41 Å². The molecule has 0 fully saturated rings. The minimum Gasteiger partial charge on any atom is -0.355 e. The molecule has 0 bridgehead atoms. The second-order valence-electron chi connectivity index (χ2n) is 2.18. The molecule has 0 radical (unpaired) electrons. The maximum Gasteiger partial charge on any atom is 0.416 e. The van der Waals surface area contributed by atoms with E-state index >= 15 is 0 Å². The number of amides is 1. The highest BCUT2D eigenvalue weighted by atomic mass is 19.4. The Kier molecular flexibility index (Phi) is 4.87. The summed E-state index contributed by atoms with van der Waals surface area (Å²) in [4.78, 5) is 9.75. The predicted molar refractivity (Wildman–Crippen MR) is 43.0 cm³/mol. The van der Waals surface area contributed by atoms with E-state index in [1.165, 1.54) is 13.0 Å². The van der Waals surface area contributed by atoms with E-state index in [1.54, 1.807) is 0 Å². The molecule has 2 nitrogen and oxygen atoms in total. The van der Waals surface area contributed by atoms with Gasteiger partial charge in [-0.05, 0) is 6.92 Å². The number of hydrogen-bond acceptors (Lipinski definition) is 1. The minimum absolute atomic E-state index is 0.122. The van der Waals surface area contributed by atoms with E-state index in [-0.39, 0.29) is 6.54 Å². The number of halogens is 3. The second kappa shape index (κ2) is 5.40. The van der Waals surface area contributed by atoms with Gasteiger partial charge in [0.05, 0.1) is 5.57 Å². The largest absolute Gasteiger partial charge is 0.416 e. The molecule has 0 aromatic carbocycles. The predicted octanol–water partition coefficient (Wildman–Crippen LogP) is 1.80. The van der Waals surface area contributed by atoms with Gasteiger partial charge in [0.25, 0.3) is 0 Å². The molecule has 5 heteroatoms. The van der Waals surface area contributed by atoms with Gasteiger partial charge in [0.1, 0.15) is 0 Å². The summed E-state index contributed by atoms with van der Waals surface area (Å²) < 4.78 is 36.3. The summed E-state index contributed by atoms with van der Waals surface area (Å²) in [6.45, 7) is 1.37. The second-order valence-corrected chi connectivity index (χ2v) is 2.18. The summed E-state index contributed by atoms with van der Waals surface area (Å²) >= 11 is 0. The van der Waals surface area contributed by atoms with Crippen LogP contribution < -0.4 is 5.32 Å². The van der Waals surface area contributed by atoms with Crippen LogP contribution in [0.15, 0.2) is 23.8 Å². The lowest BCUT2D eigenvalue weighted by Gasteiger charge is -2.06. The van der Waals surface area contributed by atoms with Crippen molar-refractivity contribution in [1.82, 2.24) is 5.32 Å². The van der Waals surface area contributed by atoms with Crippen molar-refractivity contribution >= 4 is 6.41 Å². The molecule has 13 heavy (non-hydrogen) atoms. The van der Waals surface area contributed by atoms with Crippen LogP contribution >= 0.6 is 0 Å². The Hall–Kier alpha value is -1.26. The standard InChI is InChI=1S/C8H10F3NO/c1-2-3-7(8(9,10)11)4-5-12-6-13/h2-4,6H,5H2,1H3,(H,12,13)/b3-2-,7-4+. The molecule has 0 aliphatic carbocycles. The first-order valence-electron chi connectivity index (χ1n) is 3.59. The van der Waals surface area contributed by atoms with Crippen LogP contribution in [0.25, 0.3) is 0 Å². The Balaban J connectivity index is 4.41. The number of carbonyl (C=O) groups excluding carboxylic acids is 1. The summed E-state index contributed by atoms with van der Waals surface area (Å²) in [6, 6.07) is 0. The molecule has 0 heterocycles. The molecular formula is C8H10F3NO. The molecule has 0 aromatic heterocycles. The minimum atomic E-state index is -4.36. The van der Waals surface area contributed by atoms with E-state index in [4.69, 9.17) is 0 Å². The number of rotatable bonds is 4. The maximum absolute atomic E-state index is 12.1. The normalized spacial score (nSPS) is 13.4. The number of nitrogens with one attached hydrogen (secondary N) is 1. The van der Waals surface area contributed by atoms with Crippen LogP contribution in [0.3, 0.4) is 0 Å². The van der Waals surface area contributed by atoms with Crippen LogP contribution in [-0.2, 0) is 4.79 Å². The van der Waals surface area contributed by atoms with Gasteiger partial charge in [0.15, 0.2) is 0 Å². The zero-order chi connectivity index (χ0) is 10.3. The van der Waals surface area contributed by atoms with E-state index in [9.17, 15) is 18.0 Å². The quantitative estimate of drug-likeness (QED) is 0.411. The van der Waals surface area contributed by atoms with Crippen LogP contribution in [0.2, 0.25) is 0 Å². The highest BCUT2D eigenvalue weighted by Crippen LogP contribution is 2.26. The maximum atomic E-state index is 12.1. The zero-order valence-electron chi connectivity index (χ0n) is 7.06. The van der Waals surface area contributed by atoms with E-state index in [0.29, 0.717) is 6.41 Å².